The number of nitrogens with two attached hydrogens (primary N) is 1. The Labute approximate surface area is 171 Å². The number of nitrogen functional groups attached to an aromatic ring is 1. The molecule has 29 heavy (non-hydrogen) atoms. The van der Waals surface area contributed by atoms with Crippen LogP contribution < -0.4 is 15.4 Å². The van der Waals surface area contributed by atoms with Crippen molar-refractivity contribution in [2.24, 2.45) is 5.92 Å². The lowest BCUT2D eigenvalue weighted by Gasteiger charge is -2.37. The molecule has 2 heterocycles. The van der Waals surface area contributed by atoms with Crippen LogP contribution in [0.4, 0.5) is 11.4 Å². The van der Waals surface area contributed by atoms with Crippen molar-refractivity contribution in [3.63, 3.8) is 0 Å². The van der Waals surface area contributed by atoms with Crippen molar-refractivity contribution in [2.75, 3.05) is 36.9 Å². The Morgan fingerprint density at radius 3 is 2.69 bits per heavy atom. The van der Waals surface area contributed by atoms with Gasteiger partial charge in [0.25, 0.3) is 5.91 Å². The smallest absolute Gasteiger partial charge is 0.260 e. The van der Waals surface area contributed by atoms with E-state index >= 15 is 0 Å². The zero-order chi connectivity index (χ0) is 20.2. The lowest BCUT2D eigenvalue weighted by Crippen LogP contribution is -2.49. The quantitative estimate of drug-likeness (QED) is 0.811. The van der Waals surface area contributed by atoms with E-state index in [1.807, 2.05) is 53.4 Å². The predicted octanol–water partition coefficient (Wildman–Crippen LogP) is 2.87. The molecule has 0 spiro atoms. The van der Waals surface area contributed by atoms with Crippen LogP contribution in [0.1, 0.15) is 24.8 Å². The van der Waals surface area contributed by atoms with E-state index in [0.29, 0.717) is 25.4 Å². The van der Waals surface area contributed by atoms with Crippen molar-refractivity contribution < 1.29 is 14.3 Å². The number of rotatable bonds is 4. The number of amides is 2. The fraction of sp³-hybridized carbons (Fsp3) is 0.391. The third-order valence-corrected chi connectivity index (χ3v) is 5.78. The van der Waals surface area contributed by atoms with Gasteiger partial charge in [0.15, 0.2) is 6.61 Å². The Bertz CT molecular complexity index is 884. The summed E-state index contributed by atoms with van der Waals surface area (Å²) in [6.45, 7) is 1.82. The number of likely N-dealkylation sites (tertiary alicyclic amines) is 1. The van der Waals surface area contributed by atoms with Crippen molar-refractivity contribution in [1.29, 1.82) is 0 Å². The molecule has 4 rings (SSSR count). The molecular weight excluding hydrogens is 366 g/mol. The molecule has 0 bridgehead atoms. The number of carbonyl (C=O) groups excluding carboxylic acids is 2. The molecule has 0 aliphatic carbocycles. The van der Waals surface area contributed by atoms with Crippen LogP contribution in [-0.2, 0) is 16.0 Å². The Kier molecular flexibility index (Phi) is 5.69. The number of hydrogen-bond donors (Lipinski definition) is 1. The van der Waals surface area contributed by atoms with Gasteiger partial charge in [0.2, 0.25) is 5.91 Å². The largest absolute Gasteiger partial charge is 0.484 e. The van der Waals surface area contributed by atoms with Crippen molar-refractivity contribution in [2.45, 2.75) is 25.7 Å². The Morgan fingerprint density at radius 1 is 1.03 bits per heavy atom. The summed E-state index contributed by atoms with van der Waals surface area (Å²) in [5.74, 6) is 0.512. The fourth-order valence-electron chi connectivity index (χ4n) is 4.26. The average molecular weight is 393 g/mol. The van der Waals surface area contributed by atoms with Crippen LogP contribution in [0, 0.1) is 5.92 Å². The van der Waals surface area contributed by atoms with E-state index in [2.05, 4.69) is 0 Å². The normalized spacial score (nSPS) is 18.8. The molecule has 1 atom stereocenters. The highest BCUT2D eigenvalue weighted by atomic mass is 16.5. The maximum Gasteiger partial charge on any atom is 0.260 e. The minimum atomic E-state index is -0.184. The summed E-state index contributed by atoms with van der Waals surface area (Å²) in [5, 5.41) is 0. The van der Waals surface area contributed by atoms with Gasteiger partial charge in [0.1, 0.15) is 5.75 Å². The van der Waals surface area contributed by atoms with E-state index in [-0.39, 0.29) is 24.3 Å². The van der Waals surface area contributed by atoms with Crippen molar-refractivity contribution in [3.8, 4) is 5.75 Å². The number of carbonyl (C=O) groups is 2. The van der Waals surface area contributed by atoms with E-state index < -0.39 is 0 Å². The first-order valence-electron chi connectivity index (χ1n) is 10.3. The van der Waals surface area contributed by atoms with Crippen LogP contribution >= 0.6 is 0 Å². The van der Waals surface area contributed by atoms with Gasteiger partial charge in [-0.25, -0.2) is 0 Å². The van der Waals surface area contributed by atoms with Gasteiger partial charge in [-0.3, -0.25) is 9.59 Å². The molecule has 1 saturated heterocycles. The maximum absolute atomic E-state index is 13.3. The van der Waals surface area contributed by atoms with E-state index in [0.717, 1.165) is 42.6 Å². The number of ether oxygens (including phenoxy) is 1. The number of piperidine rings is 1. The van der Waals surface area contributed by atoms with Gasteiger partial charge >= 0.3 is 0 Å². The van der Waals surface area contributed by atoms with Crippen molar-refractivity contribution in [1.82, 2.24) is 4.90 Å². The molecule has 2 aromatic rings. The highest BCUT2D eigenvalue weighted by molar-refractivity contribution is 5.97. The highest BCUT2D eigenvalue weighted by Gasteiger charge is 2.33. The monoisotopic (exact) mass is 393 g/mol. The molecule has 0 aromatic heterocycles. The van der Waals surface area contributed by atoms with Gasteiger partial charge in [0, 0.05) is 31.0 Å². The zero-order valence-corrected chi connectivity index (χ0v) is 16.5. The van der Waals surface area contributed by atoms with Crippen molar-refractivity contribution in [3.05, 3.63) is 54.1 Å². The number of nitrogens with zero attached hydrogens (tertiary/aromatic N) is 2. The standard InChI is InChI=1S/C23H27N3O3/c24-20-11-4-12-21-19(20)10-6-14-26(21)23(28)17-7-5-13-25(15-17)22(27)16-29-18-8-2-1-3-9-18/h1-4,8-9,11-12,17H,5-7,10,13-16,24H2. The fourth-order valence-corrected chi connectivity index (χ4v) is 4.26. The van der Waals surface area contributed by atoms with Crippen LogP contribution in [0.5, 0.6) is 5.75 Å². The van der Waals surface area contributed by atoms with E-state index in [4.69, 9.17) is 10.5 Å². The van der Waals surface area contributed by atoms with Gasteiger partial charge in [-0.2, -0.15) is 0 Å². The molecule has 0 saturated carbocycles. The lowest BCUT2D eigenvalue weighted by atomic mass is 9.93. The molecule has 1 fully saturated rings. The molecule has 2 aliphatic rings. The summed E-state index contributed by atoms with van der Waals surface area (Å²) in [6.07, 6.45) is 3.44. The Morgan fingerprint density at radius 2 is 1.86 bits per heavy atom. The Hall–Kier alpha value is -3.02. The molecule has 2 N–H and O–H groups in total. The molecule has 6 heteroatoms. The molecule has 2 aromatic carbocycles. The molecule has 0 radical (unpaired) electrons. The topological polar surface area (TPSA) is 75.9 Å². The van der Waals surface area contributed by atoms with Crippen LogP contribution in [0.15, 0.2) is 48.5 Å². The Balaban J connectivity index is 1.40. The molecule has 1 unspecified atom stereocenters. The van der Waals surface area contributed by atoms with Gasteiger partial charge in [-0.15, -0.1) is 0 Å². The zero-order valence-electron chi connectivity index (χ0n) is 16.5. The SMILES string of the molecule is Nc1cccc2c1CCCN2C(=O)C1CCCN(C(=O)COc2ccccc2)C1. The summed E-state index contributed by atoms with van der Waals surface area (Å²) >= 11 is 0. The van der Waals surface area contributed by atoms with Crippen LogP contribution in [0.2, 0.25) is 0 Å². The van der Waals surface area contributed by atoms with Crippen molar-refractivity contribution >= 4 is 23.2 Å². The number of fused-ring (bicyclic) bond motifs is 1. The maximum atomic E-state index is 13.3. The third-order valence-electron chi connectivity index (χ3n) is 5.78. The molecule has 152 valence electrons. The number of benzene rings is 2. The van der Waals surface area contributed by atoms with E-state index in [1.165, 1.54) is 0 Å². The minimum absolute atomic E-state index is 0.00595. The second kappa shape index (κ2) is 8.55. The first-order valence-corrected chi connectivity index (χ1v) is 10.3. The van der Waals surface area contributed by atoms with E-state index in [1.54, 1.807) is 4.90 Å². The summed E-state index contributed by atoms with van der Waals surface area (Å²) in [4.78, 5) is 29.5. The second-order valence-corrected chi connectivity index (χ2v) is 7.72. The summed E-state index contributed by atoms with van der Waals surface area (Å²) in [5.41, 5.74) is 8.86. The highest BCUT2D eigenvalue weighted by Crippen LogP contribution is 2.33. The average Bonchev–Trinajstić information content (AvgIpc) is 2.78. The lowest BCUT2D eigenvalue weighted by molar-refractivity contribution is -0.137. The van der Waals surface area contributed by atoms with Crippen LogP contribution in [-0.4, -0.2) is 43.0 Å². The van der Waals surface area contributed by atoms with Gasteiger partial charge in [-0.05, 0) is 55.5 Å². The number of anilines is 2. The predicted molar refractivity (Wildman–Crippen MR) is 113 cm³/mol. The summed E-state index contributed by atoms with van der Waals surface area (Å²) < 4.78 is 5.59. The summed E-state index contributed by atoms with van der Waals surface area (Å²) in [7, 11) is 0. The minimum Gasteiger partial charge on any atom is -0.484 e. The molecular formula is C23H27N3O3. The van der Waals surface area contributed by atoms with Gasteiger partial charge in [-0.1, -0.05) is 24.3 Å². The third kappa shape index (κ3) is 4.21. The van der Waals surface area contributed by atoms with Crippen LogP contribution in [0.3, 0.4) is 0 Å². The second-order valence-electron chi connectivity index (χ2n) is 7.72. The molecule has 6 nitrogen and oxygen atoms in total. The van der Waals surface area contributed by atoms with Crippen LogP contribution in [0.25, 0.3) is 0 Å². The van der Waals surface area contributed by atoms with E-state index in [9.17, 15) is 9.59 Å². The summed E-state index contributed by atoms with van der Waals surface area (Å²) in [6, 6.07) is 15.1. The first-order chi connectivity index (χ1) is 14.1. The number of hydrogen-bond acceptors (Lipinski definition) is 4. The molecule has 2 amide bonds. The first kappa shape index (κ1) is 19.3. The number of para-hydroxylation sites is 1. The van der Waals surface area contributed by atoms with Gasteiger partial charge in [0.05, 0.1) is 5.92 Å². The van der Waals surface area contributed by atoms with Gasteiger partial charge < -0.3 is 20.3 Å². The molecule has 2 aliphatic heterocycles.